The molecule has 0 radical (unpaired) electrons. The van der Waals surface area contributed by atoms with Crippen LogP contribution >= 0.6 is 11.6 Å². The minimum atomic E-state index is -1.43. The Balaban J connectivity index is 2.87. The van der Waals surface area contributed by atoms with E-state index in [9.17, 15) is 9.90 Å². The fourth-order valence-corrected chi connectivity index (χ4v) is 1.58. The van der Waals surface area contributed by atoms with Gasteiger partial charge in [0.1, 0.15) is 0 Å². The van der Waals surface area contributed by atoms with Crippen LogP contribution in [0.25, 0.3) is 0 Å². The number of aromatic nitrogens is 2. The van der Waals surface area contributed by atoms with Crippen molar-refractivity contribution in [3.8, 4) is 0 Å². The summed E-state index contributed by atoms with van der Waals surface area (Å²) < 4.78 is 11.0. The summed E-state index contributed by atoms with van der Waals surface area (Å²) >= 11 is 5.87. The zero-order valence-electron chi connectivity index (χ0n) is 9.72. The molecule has 0 aliphatic rings. The molecule has 0 bridgehead atoms. The van der Waals surface area contributed by atoms with Gasteiger partial charge in [-0.3, -0.25) is 4.68 Å². The van der Waals surface area contributed by atoms with Crippen molar-refractivity contribution in [1.82, 2.24) is 9.78 Å². The summed E-state index contributed by atoms with van der Waals surface area (Å²) in [5.41, 5.74) is 0.224. The lowest BCUT2D eigenvalue weighted by molar-refractivity contribution is -0.153. The van der Waals surface area contributed by atoms with Crippen molar-refractivity contribution in [2.45, 2.75) is 19.6 Å². The zero-order chi connectivity index (χ0) is 12.8. The smallest absolute Gasteiger partial charge is 0.341 e. The van der Waals surface area contributed by atoms with Gasteiger partial charge in [-0.1, -0.05) is 11.6 Å². The van der Waals surface area contributed by atoms with Gasteiger partial charge in [0, 0.05) is 7.11 Å². The maximum atomic E-state index is 11.4. The summed E-state index contributed by atoms with van der Waals surface area (Å²) in [5.74, 6) is -0.742. The summed E-state index contributed by atoms with van der Waals surface area (Å²) in [5, 5.41) is 14.0. The van der Waals surface area contributed by atoms with Gasteiger partial charge < -0.3 is 14.6 Å². The maximum absolute atomic E-state index is 11.4. The number of halogens is 1. The van der Waals surface area contributed by atoms with E-state index in [1.54, 1.807) is 14.0 Å². The fourth-order valence-electron chi connectivity index (χ4n) is 1.33. The Morgan fingerprint density at radius 1 is 1.71 bits per heavy atom. The minimum absolute atomic E-state index is 0.194. The van der Waals surface area contributed by atoms with Gasteiger partial charge in [0.25, 0.3) is 0 Å². The Morgan fingerprint density at radius 2 is 2.41 bits per heavy atom. The molecule has 0 aromatic carbocycles. The van der Waals surface area contributed by atoms with Crippen molar-refractivity contribution in [2.24, 2.45) is 0 Å². The highest BCUT2D eigenvalue weighted by Crippen LogP contribution is 2.23. The first kappa shape index (κ1) is 14.0. The van der Waals surface area contributed by atoms with Gasteiger partial charge >= 0.3 is 5.97 Å². The standard InChI is InChI=1S/C10H15ClN2O4/c1-3-17-10(15)9(14)8-7(11)6-12-13(8)4-5-16-2/h6,9,14H,3-5H2,1-2H3. The summed E-state index contributed by atoms with van der Waals surface area (Å²) in [6.45, 7) is 2.66. The van der Waals surface area contributed by atoms with Gasteiger partial charge in [0.15, 0.2) is 6.10 Å². The lowest BCUT2D eigenvalue weighted by Gasteiger charge is -2.12. The van der Waals surface area contributed by atoms with Crippen LogP contribution in [0.15, 0.2) is 6.20 Å². The first-order valence-electron chi connectivity index (χ1n) is 5.16. The van der Waals surface area contributed by atoms with Gasteiger partial charge in [-0.15, -0.1) is 0 Å². The second kappa shape index (κ2) is 6.58. The average molecular weight is 263 g/mol. The predicted molar refractivity (Wildman–Crippen MR) is 60.7 cm³/mol. The number of ether oxygens (including phenoxy) is 2. The van der Waals surface area contributed by atoms with E-state index in [2.05, 4.69) is 5.10 Å². The maximum Gasteiger partial charge on any atom is 0.341 e. The summed E-state index contributed by atoms with van der Waals surface area (Å²) in [7, 11) is 1.55. The first-order valence-corrected chi connectivity index (χ1v) is 5.54. The Kier molecular flexibility index (Phi) is 5.40. The van der Waals surface area contributed by atoms with E-state index < -0.39 is 12.1 Å². The number of hydrogen-bond acceptors (Lipinski definition) is 5. The highest BCUT2D eigenvalue weighted by atomic mass is 35.5. The number of aliphatic hydroxyl groups excluding tert-OH is 1. The molecular weight excluding hydrogens is 248 g/mol. The van der Waals surface area contributed by atoms with Gasteiger partial charge in [-0.05, 0) is 6.92 Å². The molecule has 1 unspecified atom stereocenters. The Morgan fingerprint density at radius 3 is 3.00 bits per heavy atom. The molecule has 0 aliphatic carbocycles. The van der Waals surface area contributed by atoms with Gasteiger partial charge in [-0.25, -0.2) is 4.79 Å². The van der Waals surface area contributed by atoms with Crippen LogP contribution in [0.1, 0.15) is 18.7 Å². The number of methoxy groups -OCH3 is 1. The molecular formula is C10H15ClN2O4. The van der Waals surface area contributed by atoms with Crippen molar-refractivity contribution < 1.29 is 19.4 Å². The van der Waals surface area contributed by atoms with E-state index in [0.29, 0.717) is 13.2 Å². The van der Waals surface area contributed by atoms with Crippen LogP contribution in [-0.2, 0) is 20.8 Å². The highest BCUT2D eigenvalue weighted by molar-refractivity contribution is 6.31. The number of esters is 1. The van der Waals surface area contributed by atoms with Crippen molar-refractivity contribution in [3.05, 3.63) is 16.9 Å². The Labute approximate surface area is 104 Å². The predicted octanol–water partition coefficient (Wildman–Crippen LogP) is 0.779. The monoisotopic (exact) mass is 262 g/mol. The molecule has 1 atom stereocenters. The molecule has 1 aromatic heterocycles. The zero-order valence-corrected chi connectivity index (χ0v) is 10.5. The van der Waals surface area contributed by atoms with Crippen LogP contribution in [0.4, 0.5) is 0 Å². The van der Waals surface area contributed by atoms with E-state index in [1.165, 1.54) is 10.9 Å². The second-order valence-corrected chi connectivity index (χ2v) is 3.66. The molecule has 0 spiro atoms. The first-order chi connectivity index (χ1) is 8.11. The third-order valence-corrected chi connectivity index (χ3v) is 2.40. The molecule has 1 N–H and O–H groups in total. The van der Waals surface area contributed by atoms with Gasteiger partial charge in [-0.2, -0.15) is 5.10 Å². The van der Waals surface area contributed by atoms with Crippen LogP contribution in [0.3, 0.4) is 0 Å². The van der Waals surface area contributed by atoms with Crippen LogP contribution in [0.2, 0.25) is 5.02 Å². The van der Waals surface area contributed by atoms with E-state index in [4.69, 9.17) is 21.1 Å². The summed E-state index contributed by atoms with van der Waals surface area (Å²) in [6.07, 6.45) is -0.0588. The summed E-state index contributed by atoms with van der Waals surface area (Å²) in [4.78, 5) is 11.4. The van der Waals surface area contributed by atoms with Crippen LogP contribution in [-0.4, -0.2) is 41.2 Å². The molecule has 0 amide bonds. The Hall–Kier alpha value is -1.11. The molecule has 1 heterocycles. The number of aliphatic hydroxyl groups is 1. The highest BCUT2D eigenvalue weighted by Gasteiger charge is 2.25. The number of carbonyl (C=O) groups is 1. The molecule has 7 heteroatoms. The quantitative estimate of drug-likeness (QED) is 0.767. The van der Waals surface area contributed by atoms with Gasteiger partial charge in [0.2, 0.25) is 0 Å². The topological polar surface area (TPSA) is 73.6 Å². The molecule has 96 valence electrons. The van der Waals surface area contributed by atoms with Crippen LogP contribution in [0, 0.1) is 0 Å². The summed E-state index contributed by atoms with van der Waals surface area (Å²) in [6, 6.07) is 0. The number of carbonyl (C=O) groups excluding carboxylic acids is 1. The molecule has 0 fully saturated rings. The third-order valence-electron chi connectivity index (χ3n) is 2.11. The number of nitrogens with zero attached hydrogens (tertiary/aromatic N) is 2. The largest absolute Gasteiger partial charge is 0.464 e. The number of rotatable bonds is 6. The minimum Gasteiger partial charge on any atom is -0.464 e. The van der Waals surface area contributed by atoms with E-state index in [0.717, 1.165) is 0 Å². The van der Waals surface area contributed by atoms with Gasteiger partial charge in [0.05, 0.1) is 36.7 Å². The fraction of sp³-hybridized carbons (Fsp3) is 0.600. The SMILES string of the molecule is CCOC(=O)C(O)c1c(Cl)cnn1CCOC. The van der Waals surface area contributed by atoms with E-state index in [1.807, 2.05) is 0 Å². The molecule has 0 aliphatic heterocycles. The van der Waals surface area contributed by atoms with Crippen molar-refractivity contribution in [2.75, 3.05) is 20.3 Å². The Bertz CT molecular complexity index is 380. The second-order valence-electron chi connectivity index (χ2n) is 3.25. The molecule has 6 nitrogen and oxygen atoms in total. The van der Waals surface area contributed by atoms with E-state index >= 15 is 0 Å². The van der Waals surface area contributed by atoms with Crippen molar-refractivity contribution in [3.63, 3.8) is 0 Å². The molecule has 0 saturated heterocycles. The molecule has 1 aromatic rings. The van der Waals surface area contributed by atoms with Crippen molar-refractivity contribution in [1.29, 1.82) is 0 Å². The lowest BCUT2D eigenvalue weighted by Crippen LogP contribution is -2.20. The van der Waals surface area contributed by atoms with E-state index in [-0.39, 0.29) is 17.3 Å². The van der Waals surface area contributed by atoms with Crippen LogP contribution in [0.5, 0.6) is 0 Å². The normalized spacial score (nSPS) is 12.5. The van der Waals surface area contributed by atoms with Crippen LogP contribution < -0.4 is 0 Å². The number of hydrogen-bond donors (Lipinski definition) is 1. The average Bonchev–Trinajstić information content (AvgIpc) is 2.67. The third kappa shape index (κ3) is 3.42. The lowest BCUT2D eigenvalue weighted by atomic mass is 10.2. The molecule has 0 saturated carbocycles. The molecule has 1 rings (SSSR count). The molecule has 17 heavy (non-hydrogen) atoms. The van der Waals surface area contributed by atoms with Crippen molar-refractivity contribution >= 4 is 17.6 Å².